The molecular formula is C16H13ClN4O. The molecule has 3 aromatic rings. The van der Waals surface area contributed by atoms with E-state index >= 15 is 0 Å². The summed E-state index contributed by atoms with van der Waals surface area (Å²) >= 11 is 5.91. The van der Waals surface area contributed by atoms with E-state index in [0.29, 0.717) is 21.9 Å². The first-order valence-corrected chi connectivity index (χ1v) is 7.08. The molecule has 1 N–H and O–H groups in total. The van der Waals surface area contributed by atoms with Crippen molar-refractivity contribution < 1.29 is 0 Å². The van der Waals surface area contributed by atoms with Crippen LogP contribution in [0.4, 0.5) is 0 Å². The summed E-state index contributed by atoms with van der Waals surface area (Å²) < 4.78 is 1.53. The highest BCUT2D eigenvalue weighted by atomic mass is 35.5. The molecule has 0 aliphatic heterocycles. The number of hydrogen-bond acceptors (Lipinski definition) is 3. The maximum atomic E-state index is 12.2. The van der Waals surface area contributed by atoms with Crippen molar-refractivity contribution >= 4 is 22.6 Å². The van der Waals surface area contributed by atoms with Gasteiger partial charge in [0.1, 0.15) is 5.15 Å². The van der Waals surface area contributed by atoms with Gasteiger partial charge in [0.15, 0.2) is 0 Å². The highest BCUT2D eigenvalue weighted by Gasteiger charge is 2.19. The molecule has 0 fully saturated rings. The molecule has 6 heteroatoms. The van der Waals surface area contributed by atoms with Gasteiger partial charge in [0, 0.05) is 6.07 Å². The van der Waals surface area contributed by atoms with Crippen LogP contribution in [0, 0.1) is 11.3 Å². The molecule has 2 aromatic heterocycles. The Bertz CT molecular complexity index is 945. The van der Waals surface area contributed by atoms with E-state index in [1.807, 2.05) is 38.1 Å². The lowest BCUT2D eigenvalue weighted by Crippen LogP contribution is -2.16. The Morgan fingerprint density at radius 2 is 2.00 bits per heavy atom. The number of nitrogens with one attached hydrogen (secondary N) is 1. The third-order valence-electron chi connectivity index (χ3n) is 3.66. The van der Waals surface area contributed by atoms with E-state index in [9.17, 15) is 10.1 Å². The molecule has 22 heavy (non-hydrogen) atoms. The number of nitriles is 1. The molecule has 0 aliphatic carbocycles. The van der Waals surface area contributed by atoms with Gasteiger partial charge in [0.25, 0.3) is 0 Å². The average Bonchev–Trinajstić information content (AvgIpc) is 2.82. The van der Waals surface area contributed by atoms with Crippen LogP contribution in [0.25, 0.3) is 16.7 Å². The van der Waals surface area contributed by atoms with E-state index in [-0.39, 0.29) is 5.69 Å². The van der Waals surface area contributed by atoms with E-state index in [4.69, 9.17) is 11.6 Å². The molecule has 0 spiro atoms. The van der Waals surface area contributed by atoms with Crippen LogP contribution in [-0.4, -0.2) is 14.5 Å². The number of aromatic amines is 1. The van der Waals surface area contributed by atoms with Gasteiger partial charge in [0.05, 0.1) is 34.4 Å². The Morgan fingerprint density at radius 3 is 2.64 bits per heavy atom. The zero-order valence-electron chi connectivity index (χ0n) is 12.1. The Kier molecular flexibility index (Phi) is 3.27. The zero-order chi connectivity index (χ0) is 15.9. The van der Waals surface area contributed by atoms with Crippen molar-refractivity contribution in [3.8, 4) is 11.8 Å². The number of pyridine rings is 1. The number of nitrogens with zero attached hydrogens (tertiary/aromatic N) is 3. The molecule has 0 unspecified atom stereocenters. The van der Waals surface area contributed by atoms with Crippen molar-refractivity contribution in [2.24, 2.45) is 0 Å². The van der Waals surface area contributed by atoms with Crippen molar-refractivity contribution in [3.63, 3.8) is 0 Å². The zero-order valence-corrected chi connectivity index (χ0v) is 12.8. The van der Waals surface area contributed by atoms with Crippen molar-refractivity contribution in [1.29, 1.82) is 5.26 Å². The quantitative estimate of drug-likeness (QED) is 0.738. The number of fused-ring (bicyclic) bond motifs is 1. The smallest absolute Gasteiger partial charge is 0.304 e. The van der Waals surface area contributed by atoms with E-state index in [2.05, 4.69) is 16.0 Å². The van der Waals surface area contributed by atoms with E-state index in [0.717, 1.165) is 5.56 Å². The Morgan fingerprint density at radius 1 is 1.32 bits per heavy atom. The molecule has 0 saturated carbocycles. The number of aromatic nitrogens is 3. The lowest BCUT2D eigenvalue weighted by molar-refractivity contribution is 0.686. The number of imidazole rings is 1. The van der Waals surface area contributed by atoms with Gasteiger partial charge in [-0.3, -0.25) is 4.57 Å². The Balaban J connectivity index is 2.17. The van der Waals surface area contributed by atoms with E-state index in [1.54, 1.807) is 6.07 Å². The summed E-state index contributed by atoms with van der Waals surface area (Å²) in [6, 6.07) is 11.2. The monoisotopic (exact) mass is 312 g/mol. The fourth-order valence-electron chi connectivity index (χ4n) is 2.33. The van der Waals surface area contributed by atoms with Crippen LogP contribution in [0.5, 0.6) is 0 Å². The molecule has 0 amide bonds. The van der Waals surface area contributed by atoms with Crippen LogP contribution in [0.15, 0.2) is 41.3 Å². The summed E-state index contributed by atoms with van der Waals surface area (Å²) in [7, 11) is 0. The number of hydrogen-bond donors (Lipinski definition) is 1. The second-order valence-electron chi connectivity index (χ2n) is 5.57. The molecule has 5 nitrogen and oxygen atoms in total. The van der Waals surface area contributed by atoms with Gasteiger partial charge in [0.2, 0.25) is 0 Å². The summed E-state index contributed by atoms with van der Waals surface area (Å²) in [6.45, 7) is 3.70. The minimum Gasteiger partial charge on any atom is -0.304 e. The molecule has 110 valence electrons. The minimum atomic E-state index is -0.572. The van der Waals surface area contributed by atoms with Gasteiger partial charge >= 0.3 is 5.69 Å². The van der Waals surface area contributed by atoms with Crippen LogP contribution in [-0.2, 0) is 5.41 Å². The van der Waals surface area contributed by atoms with Crippen molar-refractivity contribution in [1.82, 2.24) is 14.5 Å². The summed E-state index contributed by atoms with van der Waals surface area (Å²) in [5, 5.41) is 9.51. The molecule has 0 aliphatic rings. The van der Waals surface area contributed by atoms with Crippen LogP contribution in [0.3, 0.4) is 0 Å². The minimum absolute atomic E-state index is 0.258. The number of rotatable bonds is 2. The molecule has 0 atom stereocenters. The van der Waals surface area contributed by atoms with Crippen LogP contribution in [0.2, 0.25) is 5.15 Å². The molecule has 0 radical (unpaired) electrons. The molecule has 0 bridgehead atoms. The summed E-state index contributed by atoms with van der Waals surface area (Å²) in [6.07, 6.45) is 1.53. The van der Waals surface area contributed by atoms with Gasteiger partial charge in [-0.25, -0.2) is 9.78 Å². The fourth-order valence-corrected chi connectivity index (χ4v) is 2.48. The van der Waals surface area contributed by atoms with E-state index < -0.39 is 5.41 Å². The number of H-pyrrole nitrogens is 1. The molecule has 3 rings (SSSR count). The lowest BCUT2D eigenvalue weighted by Gasteiger charge is -2.16. The normalized spacial score (nSPS) is 11.5. The van der Waals surface area contributed by atoms with Gasteiger partial charge in [-0.2, -0.15) is 5.26 Å². The second-order valence-corrected chi connectivity index (χ2v) is 5.96. The van der Waals surface area contributed by atoms with Crippen LogP contribution in [0.1, 0.15) is 19.4 Å². The summed E-state index contributed by atoms with van der Waals surface area (Å²) in [5.41, 5.74) is 2.05. The first kappa shape index (κ1) is 14.4. The third-order valence-corrected chi connectivity index (χ3v) is 3.87. The number of halogens is 1. The maximum Gasteiger partial charge on any atom is 0.331 e. The summed E-state index contributed by atoms with van der Waals surface area (Å²) in [4.78, 5) is 18.9. The van der Waals surface area contributed by atoms with Crippen molar-refractivity contribution in [3.05, 3.63) is 57.7 Å². The molecule has 1 aromatic carbocycles. The summed E-state index contributed by atoms with van der Waals surface area (Å²) in [5.74, 6) is 0. The highest BCUT2D eigenvalue weighted by Crippen LogP contribution is 2.24. The Labute approximate surface area is 131 Å². The third kappa shape index (κ3) is 2.28. The Hall–Kier alpha value is -2.58. The molecule has 0 saturated heterocycles. The fraction of sp³-hybridized carbons (Fsp3) is 0.188. The van der Waals surface area contributed by atoms with Crippen LogP contribution < -0.4 is 5.69 Å². The predicted octanol–water partition coefficient (Wildman–Crippen LogP) is 3.17. The van der Waals surface area contributed by atoms with Crippen LogP contribution >= 0.6 is 11.6 Å². The highest BCUT2D eigenvalue weighted by molar-refractivity contribution is 6.29. The van der Waals surface area contributed by atoms with Gasteiger partial charge < -0.3 is 4.98 Å². The molecule has 2 heterocycles. The lowest BCUT2D eigenvalue weighted by atomic mass is 9.86. The first-order valence-electron chi connectivity index (χ1n) is 6.71. The average molecular weight is 313 g/mol. The van der Waals surface area contributed by atoms with E-state index in [1.165, 1.54) is 10.8 Å². The maximum absolute atomic E-state index is 12.2. The first-order chi connectivity index (χ1) is 10.4. The molecular weight excluding hydrogens is 300 g/mol. The second kappa shape index (κ2) is 5.00. The van der Waals surface area contributed by atoms with Gasteiger partial charge in [-0.15, -0.1) is 0 Å². The predicted molar refractivity (Wildman–Crippen MR) is 85.3 cm³/mol. The van der Waals surface area contributed by atoms with Gasteiger partial charge in [-0.1, -0.05) is 23.7 Å². The number of benzene rings is 1. The standard InChI is InChI=1S/C16H13ClN4O/c1-16(2,9-18)10-3-5-11(6-4-10)21-13-7-14(17)19-8-12(13)20-15(21)22/h3-8H,1-2H3,(H,20,22). The topological polar surface area (TPSA) is 74.5 Å². The van der Waals surface area contributed by atoms with Crippen molar-refractivity contribution in [2.45, 2.75) is 19.3 Å². The van der Waals surface area contributed by atoms with Gasteiger partial charge in [-0.05, 0) is 31.5 Å². The largest absolute Gasteiger partial charge is 0.331 e. The van der Waals surface area contributed by atoms with Crippen molar-refractivity contribution in [2.75, 3.05) is 0 Å². The SMILES string of the molecule is CC(C)(C#N)c1ccc(-n2c(=O)[nH]c3cnc(Cl)cc32)cc1.